The lowest BCUT2D eigenvalue weighted by Crippen LogP contribution is -2.41. The highest BCUT2D eigenvalue weighted by Crippen LogP contribution is 2.24. The molecule has 0 saturated heterocycles. The van der Waals surface area contributed by atoms with E-state index < -0.39 is 0 Å². The number of rotatable bonds is 4. The lowest BCUT2D eigenvalue weighted by molar-refractivity contribution is -0.132. The van der Waals surface area contributed by atoms with Crippen LogP contribution in [0.25, 0.3) is 10.8 Å². The number of aliphatic hydroxyl groups is 1. The third-order valence-electron chi connectivity index (χ3n) is 5.14. The molecular formula is C19H25N3O3. The quantitative estimate of drug-likeness (QED) is 0.917. The molecule has 0 spiro atoms. The number of nitrogens with zero attached hydrogens (tertiary/aromatic N) is 3. The maximum absolute atomic E-state index is 12.6. The van der Waals surface area contributed by atoms with Crippen LogP contribution in [0.4, 0.5) is 0 Å². The van der Waals surface area contributed by atoms with E-state index in [-0.39, 0.29) is 30.0 Å². The van der Waals surface area contributed by atoms with Crippen LogP contribution < -0.4 is 5.56 Å². The summed E-state index contributed by atoms with van der Waals surface area (Å²) < 4.78 is 1.24. The van der Waals surface area contributed by atoms with Crippen molar-refractivity contribution in [1.29, 1.82) is 0 Å². The highest BCUT2D eigenvalue weighted by Gasteiger charge is 2.26. The summed E-state index contributed by atoms with van der Waals surface area (Å²) in [5.74, 6) is -0.0484. The molecule has 1 aliphatic rings. The van der Waals surface area contributed by atoms with Crippen LogP contribution in [0.15, 0.2) is 29.1 Å². The molecular weight excluding hydrogens is 318 g/mol. The van der Waals surface area contributed by atoms with Crippen LogP contribution in [0.1, 0.15) is 31.4 Å². The Balaban J connectivity index is 1.75. The van der Waals surface area contributed by atoms with Crippen molar-refractivity contribution in [3.05, 3.63) is 40.3 Å². The van der Waals surface area contributed by atoms with Crippen LogP contribution >= 0.6 is 0 Å². The minimum atomic E-state index is -0.340. The largest absolute Gasteiger partial charge is 0.393 e. The van der Waals surface area contributed by atoms with Crippen LogP contribution in [0.3, 0.4) is 0 Å². The Labute approximate surface area is 147 Å². The van der Waals surface area contributed by atoms with Crippen molar-refractivity contribution in [2.45, 2.75) is 45.3 Å². The monoisotopic (exact) mass is 343 g/mol. The molecule has 1 aromatic carbocycles. The molecule has 1 fully saturated rings. The van der Waals surface area contributed by atoms with E-state index in [0.717, 1.165) is 36.8 Å². The number of carbonyl (C=O) groups excluding carboxylic acids is 1. The summed E-state index contributed by atoms with van der Waals surface area (Å²) in [7, 11) is 1.72. The van der Waals surface area contributed by atoms with Crippen molar-refractivity contribution < 1.29 is 9.90 Å². The number of benzene rings is 1. The van der Waals surface area contributed by atoms with Crippen LogP contribution in [-0.4, -0.2) is 45.4 Å². The van der Waals surface area contributed by atoms with E-state index in [1.54, 1.807) is 18.0 Å². The molecule has 1 aromatic heterocycles. The third kappa shape index (κ3) is 3.74. The smallest absolute Gasteiger partial charge is 0.275 e. The predicted octanol–water partition coefficient (Wildman–Crippen LogP) is 1.71. The molecule has 0 aliphatic heterocycles. The minimum Gasteiger partial charge on any atom is -0.393 e. The van der Waals surface area contributed by atoms with E-state index in [1.165, 1.54) is 4.68 Å². The fraction of sp³-hybridized carbons (Fsp3) is 0.526. The standard InChI is InChI=1S/C19H25N3O3/c1-13-15-8-4-5-9-16(15)19(25)22(20-13)12-18(24)21(2)11-14-7-3-6-10-17(14)23/h4-5,8-9,14,17,23H,3,6-7,10-12H2,1-2H3. The van der Waals surface area contributed by atoms with Gasteiger partial charge in [-0.2, -0.15) is 5.10 Å². The summed E-state index contributed by atoms with van der Waals surface area (Å²) in [5.41, 5.74) is 0.481. The molecule has 0 bridgehead atoms. The topological polar surface area (TPSA) is 75.4 Å². The Morgan fingerprint density at radius 2 is 1.96 bits per heavy atom. The highest BCUT2D eigenvalue weighted by atomic mass is 16.3. The van der Waals surface area contributed by atoms with Gasteiger partial charge in [-0.15, -0.1) is 0 Å². The second-order valence-corrected chi connectivity index (χ2v) is 6.98. The second-order valence-electron chi connectivity index (χ2n) is 6.98. The molecule has 25 heavy (non-hydrogen) atoms. The van der Waals surface area contributed by atoms with Crippen molar-refractivity contribution in [2.75, 3.05) is 13.6 Å². The normalized spacial score (nSPS) is 20.6. The van der Waals surface area contributed by atoms with Crippen molar-refractivity contribution in [1.82, 2.24) is 14.7 Å². The highest BCUT2D eigenvalue weighted by molar-refractivity contribution is 5.83. The van der Waals surface area contributed by atoms with Gasteiger partial charge in [0.2, 0.25) is 5.91 Å². The Morgan fingerprint density at radius 3 is 2.68 bits per heavy atom. The molecule has 1 N–H and O–H groups in total. The predicted molar refractivity (Wildman–Crippen MR) is 96.3 cm³/mol. The van der Waals surface area contributed by atoms with Crippen molar-refractivity contribution in [3.8, 4) is 0 Å². The summed E-state index contributed by atoms with van der Waals surface area (Å²) >= 11 is 0. The lowest BCUT2D eigenvalue weighted by Gasteiger charge is -2.31. The maximum Gasteiger partial charge on any atom is 0.275 e. The first-order valence-electron chi connectivity index (χ1n) is 8.86. The Kier molecular flexibility index (Phi) is 5.18. The van der Waals surface area contributed by atoms with E-state index >= 15 is 0 Å². The molecule has 2 atom stereocenters. The molecule has 2 unspecified atom stereocenters. The Bertz CT molecular complexity index is 830. The zero-order valence-electron chi connectivity index (χ0n) is 14.8. The van der Waals surface area contributed by atoms with E-state index in [2.05, 4.69) is 5.10 Å². The van der Waals surface area contributed by atoms with Gasteiger partial charge in [0, 0.05) is 24.9 Å². The number of hydrogen-bond acceptors (Lipinski definition) is 4. The third-order valence-corrected chi connectivity index (χ3v) is 5.14. The number of fused-ring (bicyclic) bond motifs is 1. The van der Waals surface area contributed by atoms with Gasteiger partial charge in [-0.05, 0) is 25.8 Å². The van der Waals surface area contributed by atoms with E-state index in [1.807, 2.05) is 25.1 Å². The average molecular weight is 343 g/mol. The van der Waals surface area contributed by atoms with Gasteiger partial charge in [0.1, 0.15) is 6.54 Å². The molecule has 6 nitrogen and oxygen atoms in total. The number of aliphatic hydroxyl groups excluding tert-OH is 1. The molecule has 1 heterocycles. The van der Waals surface area contributed by atoms with Gasteiger partial charge in [-0.25, -0.2) is 4.68 Å². The lowest BCUT2D eigenvalue weighted by atomic mass is 9.86. The molecule has 1 amide bonds. The molecule has 6 heteroatoms. The van der Waals surface area contributed by atoms with Gasteiger partial charge in [-0.3, -0.25) is 9.59 Å². The molecule has 1 aliphatic carbocycles. The number of amides is 1. The number of carbonyl (C=O) groups is 1. The SMILES string of the molecule is Cc1nn(CC(=O)N(C)CC2CCCCC2O)c(=O)c2ccccc12. The molecule has 1 saturated carbocycles. The molecule has 2 aromatic rings. The minimum absolute atomic E-state index is 0.0795. The van der Waals surface area contributed by atoms with Gasteiger partial charge < -0.3 is 10.0 Å². The number of likely N-dealkylation sites (N-methyl/N-ethyl adjacent to an activating group) is 1. The Morgan fingerprint density at radius 1 is 1.28 bits per heavy atom. The van der Waals surface area contributed by atoms with Crippen molar-refractivity contribution in [3.63, 3.8) is 0 Å². The maximum atomic E-state index is 12.6. The van der Waals surface area contributed by atoms with Crippen molar-refractivity contribution in [2.24, 2.45) is 5.92 Å². The van der Waals surface area contributed by atoms with Gasteiger partial charge in [0.15, 0.2) is 0 Å². The first kappa shape index (κ1) is 17.6. The van der Waals surface area contributed by atoms with Gasteiger partial charge >= 0.3 is 0 Å². The van der Waals surface area contributed by atoms with Crippen molar-refractivity contribution >= 4 is 16.7 Å². The summed E-state index contributed by atoms with van der Waals surface area (Å²) in [6, 6.07) is 7.30. The van der Waals surface area contributed by atoms with Gasteiger partial charge in [0.05, 0.1) is 17.2 Å². The summed E-state index contributed by atoms with van der Waals surface area (Å²) in [6.45, 7) is 2.27. The summed E-state index contributed by atoms with van der Waals surface area (Å²) in [6.07, 6.45) is 3.54. The second kappa shape index (κ2) is 7.35. The average Bonchev–Trinajstić information content (AvgIpc) is 2.61. The van der Waals surface area contributed by atoms with Crippen LogP contribution in [0.5, 0.6) is 0 Å². The Hall–Kier alpha value is -2.21. The number of hydrogen-bond donors (Lipinski definition) is 1. The van der Waals surface area contributed by atoms with Gasteiger partial charge in [0.25, 0.3) is 5.56 Å². The molecule has 0 radical (unpaired) electrons. The first-order chi connectivity index (χ1) is 12.0. The summed E-state index contributed by atoms with van der Waals surface area (Å²) in [5, 5.41) is 15.8. The van der Waals surface area contributed by atoms with Crippen LogP contribution in [0, 0.1) is 12.8 Å². The van der Waals surface area contributed by atoms with Gasteiger partial charge in [-0.1, -0.05) is 31.0 Å². The zero-order valence-corrected chi connectivity index (χ0v) is 14.8. The number of aromatic nitrogens is 2. The van der Waals surface area contributed by atoms with E-state index in [4.69, 9.17) is 0 Å². The molecule has 3 rings (SSSR count). The number of aryl methyl sites for hydroxylation is 1. The molecule has 134 valence electrons. The zero-order chi connectivity index (χ0) is 18.0. The first-order valence-corrected chi connectivity index (χ1v) is 8.86. The van der Waals surface area contributed by atoms with E-state index in [0.29, 0.717) is 11.9 Å². The van der Waals surface area contributed by atoms with E-state index in [9.17, 15) is 14.7 Å². The van der Waals surface area contributed by atoms with Crippen LogP contribution in [0.2, 0.25) is 0 Å². The fourth-order valence-corrected chi connectivity index (χ4v) is 3.62. The summed E-state index contributed by atoms with van der Waals surface area (Å²) in [4.78, 5) is 26.7. The van der Waals surface area contributed by atoms with Crippen LogP contribution in [-0.2, 0) is 11.3 Å². The fourth-order valence-electron chi connectivity index (χ4n) is 3.62.